The van der Waals surface area contributed by atoms with Crippen LogP contribution in [0.4, 0.5) is 0 Å². The molecule has 1 fully saturated rings. The van der Waals surface area contributed by atoms with Crippen molar-refractivity contribution in [1.82, 2.24) is 0 Å². The van der Waals surface area contributed by atoms with E-state index in [0.29, 0.717) is 0 Å². The van der Waals surface area contributed by atoms with Gasteiger partial charge in [-0.05, 0) is 5.53 Å². The SMILES string of the molecule is [N-]=[N+]=NC[C@@H]1OC[C@@H](O)C1O. The molecule has 0 spiro atoms. The average Bonchev–Trinajstić information content (AvgIpc) is 2.31. The fraction of sp³-hybridized carbons (Fsp3) is 1.00. The highest BCUT2D eigenvalue weighted by Crippen LogP contribution is 2.14. The zero-order chi connectivity index (χ0) is 8.27. The average molecular weight is 159 g/mol. The van der Waals surface area contributed by atoms with Gasteiger partial charge in [0.2, 0.25) is 0 Å². The molecule has 11 heavy (non-hydrogen) atoms. The lowest BCUT2D eigenvalue weighted by molar-refractivity contribution is 0.0276. The second-order valence-electron chi connectivity index (χ2n) is 2.34. The van der Waals surface area contributed by atoms with Gasteiger partial charge in [-0.25, -0.2) is 0 Å². The van der Waals surface area contributed by atoms with Crippen molar-refractivity contribution in [1.29, 1.82) is 0 Å². The maximum atomic E-state index is 9.13. The van der Waals surface area contributed by atoms with Gasteiger partial charge in [-0.15, -0.1) is 0 Å². The molecule has 2 N–H and O–H groups in total. The lowest BCUT2D eigenvalue weighted by Gasteiger charge is -2.10. The second kappa shape index (κ2) is 3.54. The third kappa shape index (κ3) is 1.81. The van der Waals surface area contributed by atoms with Gasteiger partial charge in [0.1, 0.15) is 12.2 Å². The van der Waals surface area contributed by atoms with E-state index in [9.17, 15) is 0 Å². The van der Waals surface area contributed by atoms with Gasteiger partial charge in [-0.2, -0.15) is 0 Å². The normalized spacial score (nSPS) is 36.7. The predicted molar refractivity (Wildman–Crippen MR) is 35.8 cm³/mol. The van der Waals surface area contributed by atoms with Crippen molar-refractivity contribution in [3.8, 4) is 0 Å². The summed E-state index contributed by atoms with van der Waals surface area (Å²) in [5, 5.41) is 21.3. The summed E-state index contributed by atoms with van der Waals surface area (Å²) in [6.45, 7) is 0.168. The molecule has 0 aromatic carbocycles. The number of hydrogen-bond acceptors (Lipinski definition) is 4. The molecule has 1 rings (SSSR count). The smallest absolute Gasteiger partial charge is 0.108 e. The molecule has 1 aliphatic heterocycles. The van der Waals surface area contributed by atoms with E-state index in [2.05, 4.69) is 10.0 Å². The van der Waals surface area contributed by atoms with Crippen molar-refractivity contribution in [2.45, 2.75) is 18.3 Å². The molecule has 3 atom stereocenters. The third-order valence-electron chi connectivity index (χ3n) is 1.58. The first kappa shape index (κ1) is 8.29. The summed E-state index contributed by atoms with van der Waals surface area (Å²) in [6.07, 6.45) is -2.34. The molecule has 62 valence electrons. The van der Waals surface area contributed by atoms with Crippen molar-refractivity contribution in [2.75, 3.05) is 13.2 Å². The minimum Gasteiger partial charge on any atom is -0.388 e. The second-order valence-corrected chi connectivity index (χ2v) is 2.34. The van der Waals surface area contributed by atoms with Crippen LogP contribution in [-0.2, 0) is 4.74 Å². The molecule has 6 heteroatoms. The minimum absolute atomic E-state index is 0.0642. The van der Waals surface area contributed by atoms with Crippen LogP contribution in [0.3, 0.4) is 0 Å². The van der Waals surface area contributed by atoms with E-state index in [1.807, 2.05) is 0 Å². The zero-order valence-electron chi connectivity index (χ0n) is 5.79. The summed E-state index contributed by atoms with van der Waals surface area (Å²) < 4.78 is 4.91. The Morgan fingerprint density at radius 3 is 2.82 bits per heavy atom. The number of aliphatic hydroxyl groups excluding tert-OH is 2. The van der Waals surface area contributed by atoms with Crippen LogP contribution in [-0.4, -0.2) is 41.7 Å². The number of rotatable bonds is 2. The Morgan fingerprint density at radius 1 is 1.64 bits per heavy atom. The molecule has 0 radical (unpaired) electrons. The Labute approximate surface area is 63.0 Å². The molecule has 1 aliphatic rings. The van der Waals surface area contributed by atoms with Crippen LogP contribution in [0.15, 0.2) is 5.11 Å². The van der Waals surface area contributed by atoms with Crippen molar-refractivity contribution in [3.05, 3.63) is 10.4 Å². The topological polar surface area (TPSA) is 98.5 Å². The Morgan fingerprint density at radius 2 is 2.36 bits per heavy atom. The van der Waals surface area contributed by atoms with Gasteiger partial charge in [0.05, 0.1) is 19.3 Å². The fourth-order valence-corrected chi connectivity index (χ4v) is 0.945. The first-order valence-corrected chi connectivity index (χ1v) is 3.24. The lowest BCUT2D eigenvalue weighted by atomic mass is 10.1. The van der Waals surface area contributed by atoms with Crippen LogP contribution < -0.4 is 0 Å². The highest BCUT2D eigenvalue weighted by molar-refractivity contribution is 4.84. The van der Waals surface area contributed by atoms with E-state index in [1.165, 1.54) is 0 Å². The largest absolute Gasteiger partial charge is 0.388 e. The van der Waals surface area contributed by atoms with Crippen molar-refractivity contribution in [3.63, 3.8) is 0 Å². The molecular formula is C5H9N3O3. The van der Waals surface area contributed by atoms with E-state index >= 15 is 0 Å². The summed E-state index contributed by atoms with van der Waals surface area (Å²) in [6, 6.07) is 0. The van der Waals surface area contributed by atoms with Crippen LogP contribution >= 0.6 is 0 Å². The molecule has 0 bridgehead atoms. The van der Waals surface area contributed by atoms with Crippen LogP contribution in [0.2, 0.25) is 0 Å². The molecule has 0 aliphatic carbocycles. The maximum absolute atomic E-state index is 9.13. The maximum Gasteiger partial charge on any atom is 0.108 e. The van der Waals surface area contributed by atoms with Crippen molar-refractivity contribution >= 4 is 0 Å². The lowest BCUT2D eigenvalue weighted by Crippen LogP contribution is -2.31. The van der Waals surface area contributed by atoms with Crippen LogP contribution in [0.25, 0.3) is 10.4 Å². The molecule has 0 aromatic heterocycles. The monoisotopic (exact) mass is 159 g/mol. The quantitative estimate of drug-likeness (QED) is 0.320. The molecule has 0 aromatic rings. The molecule has 1 unspecified atom stereocenters. The summed E-state index contributed by atoms with van der Waals surface area (Å²) in [5.41, 5.74) is 7.94. The number of ether oxygens (including phenoxy) is 1. The molecule has 6 nitrogen and oxygen atoms in total. The highest BCUT2D eigenvalue weighted by Gasteiger charge is 2.33. The van der Waals surface area contributed by atoms with Gasteiger partial charge in [-0.3, -0.25) is 0 Å². The number of azide groups is 1. The van der Waals surface area contributed by atoms with Gasteiger partial charge in [0.15, 0.2) is 0 Å². The van der Waals surface area contributed by atoms with E-state index in [0.717, 1.165) is 0 Å². The van der Waals surface area contributed by atoms with Gasteiger partial charge in [0.25, 0.3) is 0 Å². The first-order chi connectivity index (χ1) is 5.25. The molecule has 0 saturated carbocycles. The van der Waals surface area contributed by atoms with Gasteiger partial charge in [0, 0.05) is 4.91 Å². The van der Waals surface area contributed by atoms with Crippen LogP contribution in [0.1, 0.15) is 0 Å². The summed E-state index contributed by atoms with van der Waals surface area (Å²) in [5.74, 6) is 0. The molecule has 0 amide bonds. The van der Waals surface area contributed by atoms with E-state index in [1.54, 1.807) is 0 Å². The standard InChI is InChI=1S/C5H9N3O3/c6-8-7-1-4-5(10)3(9)2-11-4/h3-5,9-10H,1-2H2/t3-,4+,5?/m1/s1. The number of nitrogens with zero attached hydrogens (tertiary/aromatic N) is 3. The van der Waals surface area contributed by atoms with Crippen molar-refractivity contribution in [2.24, 2.45) is 5.11 Å². The molecule has 1 saturated heterocycles. The van der Waals surface area contributed by atoms with Gasteiger partial charge in [-0.1, -0.05) is 5.11 Å². The highest BCUT2D eigenvalue weighted by atomic mass is 16.5. The molecular weight excluding hydrogens is 150 g/mol. The zero-order valence-corrected chi connectivity index (χ0v) is 5.79. The van der Waals surface area contributed by atoms with E-state index in [-0.39, 0.29) is 13.2 Å². The minimum atomic E-state index is -0.930. The molecule has 1 heterocycles. The third-order valence-corrected chi connectivity index (χ3v) is 1.58. The number of aliphatic hydroxyl groups is 2. The van der Waals surface area contributed by atoms with Crippen LogP contribution in [0.5, 0.6) is 0 Å². The Hall–Kier alpha value is -0.810. The summed E-state index contributed by atoms with van der Waals surface area (Å²) >= 11 is 0. The summed E-state index contributed by atoms with van der Waals surface area (Å²) in [4.78, 5) is 2.51. The Kier molecular flexibility index (Phi) is 2.67. The number of hydrogen-bond donors (Lipinski definition) is 2. The summed E-state index contributed by atoms with van der Waals surface area (Å²) in [7, 11) is 0. The predicted octanol–water partition coefficient (Wildman–Crippen LogP) is -0.583. The fourth-order valence-electron chi connectivity index (χ4n) is 0.945. The Balaban J connectivity index is 2.41. The van der Waals surface area contributed by atoms with Crippen LogP contribution in [0, 0.1) is 0 Å². The van der Waals surface area contributed by atoms with Gasteiger partial charge < -0.3 is 14.9 Å². The van der Waals surface area contributed by atoms with E-state index < -0.39 is 18.3 Å². The van der Waals surface area contributed by atoms with E-state index in [4.69, 9.17) is 20.5 Å². The van der Waals surface area contributed by atoms with Gasteiger partial charge >= 0.3 is 0 Å². The van der Waals surface area contributed by atoms with Crippen molar-refractivity contribution < 1.29 is 14.9 Å². The Bertz CT molecular complexity index is 180. The first-order valence-electron chi connectivity index (χ1n) is 3.24.